The highest BCUT2D eigenvalue weighted by Gasteiger charge is 2.19. The van der Waals surface area contributed by atoms with Gasteiger partial charge in [0.1, 0.15) is 0 Å². The number of fused-ring (bicyclic) bond motifs is 9. The number of rotatable bonds is 5. The minimum atomic E-state index is 0.677. The second-order valence-electron chi connectivity index (χ2n) is 15.1. The zero-order valence-corrected chi connectivity index (χ0v) is 31.4. The Morgan fingerprint density at radius 3 is 1.71 bits per heavy atom. The van der Waals surface area contributed by atoms with Crippen molar-refractivity contribution in [2.75, 3.05) is 0 Å². The summed E-state index contributed by atoms with van der Waals surface area (Å²) in [6.07, 6.45) is 1.92. The molecule has 9 aromatic carbocycles. The zero-order valence-electron chi connectivity index (χ0n) is 31.4. The van der Waals surface area contributed by atoms with Crippen molar-refractivity contribution >= 4 is 65.3 Å². The minimum absolute atomic E-state index is 0.677. The maximum absolute atomic E-state index is 5.01. The summed E-state index contributed by atoms with van der Waals surface area (Å²) < 4.78 is 4.63. The van der Waals surface area contributed by atoms with E-state index in [-0.39, 0.29) is 0 Å². The number of aromatic nitrogens is 4. The van der Waals surface area contributed by atoms with Crippen LogP contribution in [0.5, 0.6) is 0 Å². The van der Waals surface area contributed by atoms with Crippen molar-refractivity contribution in [2.24, 2.45) is 0 Å². The van der Waals surface area contributed by atoms with Crippen LogP contribution in [0.1, 0.15) is 0 Å². The molecule has 0 saturated heterocycles. The SMILES string of the molecule is c1ccc(-c2cc(-c3ccccc3)cc(-n3c4ccccc4c4cc(-c5ccc6c(ccc7c6c6ccccc6n7-c6ncc7ccccc7n6)c5)ccc43)c2)cc1. The third kappa shape index (κ3) is 5.09. The van der Waals surface area contributed by atoms with Crippen LogP contribution in [-0.4, -0.2) is 19.1 Å². The first-order chi connectivity index (χ1) is 28.7. The van der Waals surface area contributed by atoms with Crippen LogP contribution in [0.15, 0.2) is 206 Å². The molecule has 0 aliphatic rings. The summed E-state index contributed by atoms with van der Waals surface area (Å²) >= 11 is 0. The first-order valence-electron chi connectivity index (χ1n) is 19.7. The van der Waals surface area contributed by atoms with E-state index in [1.807, 2.05) is 24.4 Å². The number of hydrogen-bond acceptors (Lipinski definition) is 2. The topological polar surface area (TPSA) is 35.6 Å². The van der Waals surface area contributed by atoms with Crippen molar-refractivity contribution in [3.63, 3.8) is 0 Å². The monoisotopic (exact) mass is 738 g/mol. The van der Waals surface area contributed by atoms with Crippen molar-refractivity contribution in [3.05, 3.63) is 206 Å². The molecule has 0 radical (unpaired) electrons. The van der Waals surface area contributed by atoms with Gasteiger partial charge in [-0.3, -0.25) is 4.57 Å². The van der Waals surface area contributed by atoms with Crippen LogP contribution in [0, 0.1) is 0 Å². The van der Waals surface area contributed by atoms with Gasteiger partial charge < -0.3 is 4.57 Å². The first-order valence-corrected chi connectivity index (χ1v) is 19.7. The Balaban J connectivity index is 1.01. The molecule has 0 aliphatic carbocycles. The zero-order chi connectivity index (χ0) is 38.2. The van der Waals surface area contributed by atoms with E-state index in [1.165, 1.54) is 76.7 Å². The summed E-state index contributed by atoms with van der Waals surface area (Å²) in [5.74, 6) is 0.677. The molecule has 0 unspecified atom stereocenters. The van der Waals surface area contributed by atoms with Crippen LogP contribution in [0.3, 0.4) is 0 Å². The fraction of sp³-hybridized carbons (Fsp3) is 0. The lowest BCUT2D eigenvalue weighted by molar-refractivity contribution is 1.01. The van der Waals surface area contributed by atoms with Crippen molar-refractivity contribution in [1.29, 1.82) is 0 Å². The summed E-state index contributed by atoms with van der Waals surface area (Å²) in [7, 11) is 0. The Morgan fingerprint density at radius 2 is 0.931 bits per heavy atom. The largest absolute Gasteiger partial charge is 0.309 e. The Hall–Kier alpha value is -7.82. The van der Waals surface area contributed by atoms with Crippen LogP contribution in [-0.2, 0) is 0 Å². The van der Waals surface area contributed by atoms with Gasteiger partial charge in [0, 0.05) is 38.8 Å². The molecule has 3 heterocycles. The van der Waals surface area contributed by atoms with Gasteiger partial charge in [-0.25, -0.2) is 9.97 Å². The van der Waals surface area contributed by atoms with Crippen LogP contribution in [0.4, 0.5) is 0 Å². The highest BCUT2D eigenvalue weighted by atomic mass is 15.2. The molecule has 12 aromatic rings. The molecule has 0 aliphatic heterocycles. The Kier molecular flexibility index (Phi) is 7.20. The molecule has 3 aromatic heterocycles. The van der Waals surface area contributed by atoms with Gasteiger partial charge in [0.05, 0.1) is 27.6 Å². The Labute approximate surface area is 334 Å². The third-order valence-corrected chi connectivity index (χ3v) is 11.7. The standard InChI is InChI=1S/C54H34N4/c1-3-13-35(14-4-1)41-30-42(36-15-5-2-6-16-36)32-43(31-41)57-49-21-11-8-18-45(49)47-33-38(24-27-51(47)57)37-23-26-44-39(29-37)25-28-52-53(44)46-19-9-12-22-50(46)58(52)54-55-34-40-17-7-10-20-48(40)56-54/h1-34H. The molecular formula is C54H34N4. The van der Waals surface area contributed by atoms with E-state index in [0.29, 0.717) is 5.95 Å². The molecule has 0 spiro atoms. The van der Waals surface area contributed by atoms with Gasteiger partial charge in [0.25, 0.3) is 0 Å². The first kappa shape index (κ1) is 32.4. The van der Waals surface area contributed by atoms with E-state index < -0.39 is 0 Å². The lowest BCUT2D eigenvalue weighted by Crippen LogP contribution is -2.00. The molecule has 0 N–H and O–H groups in total. The van der Waals surface area contributed by atoms with Gasteiger partial charge in [-0.05, 0) is 105 Å². The number of benzene rings is 9. The second kappa shape index (κ2) is 12.9. The van der Waals surface area contributed by atoms with Crippen LogP contribution < -0.4 is 0 Å². The van der Waals surface area contributed by atoms with Crippen LogP contribution >= 0.6 is 0 Å². The van der Waals surface area contributed by atoms with Crippen molar-refractivity contribution in [3.8, 4) is 45.0 Å². The summed E-state index contributed by atoms with van der Waals surface area (Å²) in [4.78, 5) is 9.84. The average molecular weight is 739 g/mol. The molecule has 0 saturated carbocycles. The highest BCUT2D eigenvalue weighted by Crippen LogP contribution is 2.40. The molecule has 4 nitrogen and oxygen atoms in total. The minimum Gasteiger partial charge on any atom is -0.309 e. The highest BCUT2D eigenvalue weighted by molar-refractivity contribution is 6.21. The van der Waals surface area contributed by atoms with Crippen molar-refractivity contribution in [1.82, 2.24) is 19.1 Å². The molecule has 4 heteroatoms. The van der Waals surface area contributed by atoms with E-state index in [1.54, 1.807) is 0 Å². The summed E-state index contributed by atoms with van der Waals surface area (Å²) in [5, 5.41) is 8.30. The molecule has 270 valence electrons. The van der Waals surface area contributed by atoms with Gasteiger partial charge in [-0.2, -0.15) is 0 Å². The van der Waals surface area contributed by atoms with E-state index in [4.69, 9.17) is 9.97 Å². The quantitative estimate of drug-likeness (QED) is 0.176. The maximum atomic E-state index is 5.01. The van der Waals surface area contributed by atoms with Crippen LogP contribution in [0.25, 0.3) is 110 Å². The normalized spacial score (nSPS) is 11.8. The summed E-state index contributed by atoms with van der Waals surface area (Å²) in [5.41, 5.74) is 13.8. The van der Waals surface area contributed by atoms with E-state index in [9.17, 15) is 0 Å². The van der Waals surface area contributed by atoms with Gasteiger partial charge in [0.2, 0.25) is 5.95 Å². The Morgan fingerprint density at radius 1 is 0.328 bits per heavy atom. The average Bonchev–Trinajstić information content (AvgIpc) is 3.82. The van der Waals surface area contributed by atoms with Gasteiger partial charge in [-0.1, -0.05) is 140 Å². The van der Waals surface area contributed by atoms with Crippen LogP contribution in [0.2, 0.25) is 0 Å². The molecule has 12 rings (SSSR count). The molecule has 58 heavy (non-hydrogen) atoms. The van der Waals surface area contributed by atoms with E-state index in [2.05, 4.69) is 191 Å². The molecular weight excluding hydrogens is 705 g/mol. The lowest BCUT2D eigenvalue weighted by Gasteiger charge is -2.14. The van der Waals surface area contributed by atoms with E-state index in [0.717, 1.165) is 27.6 Å². The van der Waals surface area contributed by atoms with Crippen molar-refractivity contribution < 1.29 is 0 Å². The van der Waals surface area contributed by atoms with Gasteiger partial charge in [-0.15, -0.1) is 0 Å². The predicted molar refractivity (Wildman–Crippen MR) is 242 cm³/mol. The Bertz CT molecular complexity index is 3500. The molecule has 0 fully saturated rings. The second-order valence-corrected chi connectivity index (χ2v) is 15.1. The molecule has 0 bridgehead atoms. The van der Waals surface area contributed by atoms with Gasteiger partial charge in [0.15, 0.2) is 0 Å². The van der Waals surface area contributed by atoms with Crippen molar-refractivity contribution in [2.45, 2.75) is 0 Å². The number of nitrogens with zero attached hydrogens (tertiary/aromatic N) is 4. The van der Waals surface area contributed by atoms with Gasteiger partial charge >= 0.3 is 0 Å². The van der Waals surface area contributed by atoms with E-state index >= 15 is 0 Å². The fourth-order valence-electron chi connectivity index (χ4n) is 9.03. The number of para-hydroxylation sites is 3. The summed E-state index contributed by atoms with van der Waals surface area (Å²) in [6, 6.07) is 72.2. The number of hydrogen-bond donors (Lipinski definition) is 0. The third-order valence-electron chi connectivity index (χ3n) is 11.7. The smallest absolute Gasteiger partial charge is 0.235 e. The predicted octanol–water partition coefficient (Wildman–Crippen LogP) is 14.0. The lowest BCUT2D eigenvalue weighted by atomic mass is 9.97. The summed E-state index contributed by atoms with van der Waals surface area (Å²) in [6.45, 7) is 0. The molecule has 0 atom stereocenters. The fourth-order valence-corrected chi connectivity index (χ4v) is 9.03. The molecule has 0 amide bonds. The maximum Gasteiger partial charge on any atom is 0.235 e.